The van der Waals surface area contributed by atoms with Crippen LogP contribution in [0.5, 0.6) is 5.75 Å². The first-order chi connectivity index (χ1) is 9.88. The molecule has 5 nitrogen and oxygen atoms in total. The zero-order valence-electron chi connectivity index (χ0n) is 10.8. The summed E-state index contributed by atoms with van der Waals surface area (Å²) in [5, 5.41) is 11.3. The Morgan fingerprint density at radius 1 is 1.14 bits per heavy atom. The Morgan fingerprint density at radius 3 is 2.43 bits per heavy atom. The van der Waals surface area contributed by atoms with E-state index in [1.807, 2.05) is 0 Å². The molecule has 7 heteroatoms. The molecule has 0 N–H and O–H groups in total. The van der Waals surface area contributed by atoms with Crippen LogP contribution in [0.4, 0.5) is 5.69 Å². The molecule has 0 aliphatic heterocycles. The van der Waals surface area contributed by atoms with E-state index in [0.29, 0.717) is 5.02 Å². The summed E-state index contributed by atoms with van der Waals surface area (Å²) in [6, 6.07) is 8.28. The molecule has 0 atom stereocenters. The van der Waals surface area contributed by atoms with Crippen molar-refractivity contribution in [3.63, 3.8) is 0 Å². The minimum Gasteiger partial charge on any atom is -0.423 e. The molecule has 0 aliphatic rings. The lowest BCUT2D eigenvalue weighted by Gasteiger charge is -2.07. The van der Waals surface area contributed by atoms with Crippen LogP contribution in [0.3, 0.4) is 0 Å². The van der Waals surface area contributed by atoms with Crippen LogP contribution in [0.2, 0.25) is 10.0 Å². The van der Waals surface area contributed by atoms with E-state index >= 15 is 0 Å². The van der Waals surface area contributed by atoms with Crippen molar-refractivity contribution in [2.75, 3.05) is 0 Å². The highest BCUT2D eigenvalue weighted by molar-refractivity contribution is 6.33. The van der Waals surface area contributed by atoms with E-state index < -0.39 is 10.9 Å². The molecule has 108 valence electrons. The second kappa shape index (κ2) is 6.11. The number of non-ortho nitro benzene ring substituents is 1. The maximum atomic E-state index is 12.0. The van der Waals surface area contributed by atoms with Crippen molar-refractivity contribution in [1.82, 2.24) is 0 Å². The Morgan fingerprint density at radius 2 is 1.81 bits per heavy atom. The van der Waals surface area contributed by atoms with E-state index in [9.17, 15) is 14.9 Å². The highest BCUT2D eigenvalue weighted by atomic mass is 35.5. The number of rotatable bonds is 3. The normalized spacial score (nSPS) is 10.2. The summed E-state index contributed by atoms with van der Waals surface area (Å²) in [5.41, 5.74) is 0.434. The molecular formula is C14H9Cl2NO4. The number of nitro benzene ring substituents is 1. The molecule has 0 radical (unpaired) electrons. The molecule has 21 heavy (non-hydrogen) atoms. The third-order valence-electron chi connectivity index (χ3n) is 2.72. The van der Waals surface area contributed by atoms with Gasteiger partial charge in [-0.05, 0) is 36.8 Å². The number of benzene rings is 2. The lowest BCUT2D eigenvalue weighted by molar-refractivity contribution is -0.384. The maximum Gasteiger partial charge on any atom is 0.345 e. The van der Waals surface area contributed by atoms with Gasteiger partial charge in [-0.25, -0.2) is 4.79 Å². The van der Waals surface area contributed by atoms with Crippen molar-refractivity contribution in [3.05, 3.63) is 67.7 Å². The van der Waals surface area contributed by atoms with E-state index in [1.54, 1.807) is 19.1 Å². The molecule has 0 heterocycles. The lowest BCUT2D eigenvalue weighted by atomic mass is 10.2. The van der Waals surface area contributed by atoms with Crippen LogP contribution >= 0.6 is 23.2 Å². The summed E-state index contributed by atoms with van der Waals surface area (Å²) < 4.78 is 5.15. The molecular weight excluding hydrogens is 317 g/mol. The number of hydrogen-bond donors (Lipinski definition) is 0. The van der Waals surface area contributed by atoms with Crippen molar-refractivity contribution in [1.29, 1.82) is 0 Å². The zero-order valence-corrected chi connectivity index (χ0v) is 12.3. The summed E-state index contributed by atoms with van der Waals surface area (Å²) in [5.74, 6) is -0.491. The SMILES string of the molecule is Cc1cc(OC(=O)c2cc([N+](=O)[O-])ccc2Cl)ccc1Cl. The fourth-order valence-corrected chi connectivity index (χ4v) is 1.94. The topological polar surface area (TPSA) is 69.4 Å². The van der Waals surface area contributed by atoms with Gasteiger partial charge in [0.05, 0.1) is 15.5 Å². The molecule has 0 aromatic heterocycles. The minimum absolute atomic E-state index is 0.0709. The maximum absolute atomic E-state index is 12.0. The first-order valence-electron chi connectivity index (χ1n) is 5.81. The first kappa shape index (κ1) is 15.3. The molecule has 2 aromatic rings. The summed E-state index contributed by atoms with van der Waals surface area (Å²) >= 11 is 11.8. The van der Waals surface area contributed by atoms with Crippen LogP contribution < -0.4 is 4.74 Å². The van der Waals surface area contributed by atoms with Crippen LogP contribution in [-0.2, 0) is 0 Å². The largest absolute Gasteiger partial charge is 0.423 e. The number of aryl methyl sites for hydroxylation is 1. The number of nitrogens with zero attached hydrogens (tertiary/aromatic N) is 1. The number of esters is 1. The van der Waals surface area contributed by atoms with Crippen LogP contribution in [-0.4, -0.2) is 10.9 Å². The average Bonchev–Trinajstić information content (AvgIpc) is 2.43. The highest BCUT2D eigenvalue weighted by Crippen LogP contribution is 2.25. The number of carbonyl (C=O) groups excluding carboxylic acids is 1. The predicted molar refractivity (Wildman–Crippen MR) is 79.3 cm³/mol. The Balaban J connectivity index is 2.29. The molecule has 0 unspecified atom stereocenters. The smallest absolute Gasteiger partial charge is 0.345 e. The fourth-order valence-electron chi connectivity index (χ4n) is 1.63. The number of nitro groups is 1. The summed E-state index contributed by atoms with van der Waals surface area (Å²) in [6.45, 7) is 1.76. The zero-order chi connectivity index (χ0) is 15.6. The van der Waals surface area contributed by atoms with Crippen LogP contribution in [0.1, 0.15) is 15.9 Å². The first-order valence-corrected chi connectivity index (χ1v) is 6.56. The van der Waals surface area contributed by atoms with Gasteiger partial charge in [0, 0.05) is 17.2 Å². The van der Waals surface area contributed by atoms with E-state index in [-0.39, 0.29) is 22.0 Å². The Hall–Kier alpha value is -2.11. The third-order valence-corrected chi connectivity index (χ3v) is 3.47. The van der Waals surface area contributed by atoms with Gasteiger partial charge in [-0.15, -0.1) is 0 Å². The van der Waals surface area contributed by atoms with Gasteiger partial charge in [0.25, 0.3) is 5.69 Å². The molecule has 0 fully saturated rings. The second-order valence-electron chi connectivity index (χ2n) is 4.22. The lowest BCUT2D eigenvalue weighted by Crippen LogP contribution is -2.09. The highest BCUT2D eigenvalue weighted by Gasteiger charge is 2.18. The summed E-state index contributed by atoms with van der Waals surface area (Å²) in [4.78, 5) is 22.2. The molecule has 0 spiro atoms. The van der Waals surface area contributed by atoms with Gasteiger partial charge in [0.2, 0.25) is 0 Å². The third kappa shape index (κ3) is 3.51. The molecule has 2 aromatic carbocycles. The Kier molecular flexibility index (Phi) is 4.45. The van der Waals surface area contributed by atoms with Crippen LogP contribution in [0.25, 0.3) is 0 Å². The molecule has 0 aliphatic carbocycles. The molecule has 0 saturated heterocycles. The van der Waals surface area contributed by atoms with E-state index in [4.69, 9.17) is 27.9 Å². The number of ether oxygens (including phenoxy) is 1. The van der Waals surface area contributed by atoms with Gasteiger partial charge in [-0.3, -0.25) is 10.1 Å². The van der Waals surface area contributed by atoms with Gasteiger partial charge in [0.15, 0.2) is 0 Å². The quantitative estimate of drug-likeness (QED) is 0.362. The van der Waals surface area contributed by atoms with Gasteiger partial charge in [-0.1, -0.05) is 23.2 Å². The number of hydrogen-bond acceptors (Lipinski definition) is 4. The Labute approximate surface area is 130 Å². The number of carbonyl (C=O) groups is 1. The average molecular weight is 326 g/mol. The number of halogens is 2. The summed E-state index contributed by atoms with van der Waals surface area (Å²) in [6.07, 6.45) is 0. The fraction of sp³-hybridized carbons (Fsp3) is 0.0714. The predicted octanol–water partition coefficient (Wildman–Crippen LogP) is 4.43. The van der Waals surface area contributed by atoms with E-state index in [1.165, 1.54) is 18.2 Å². The van der Waals surface area contributed by atoms with Crippen molar-refractivity contribution in [2.45, 2.75) is 6.92 Å². The van der Waals surface area contributed by atoms with E-state index in [2.05, 4.69) is 0 Å². The Bertz CT molecular complexity index is 731. The van der Waals surface area contributed by atoms with E-state index in [0.717, 1.165) is 11.6 Å². The molecule has 0 bridgehead atoms. The summed E-state index contributed by atoms with van der Waals surface area (Å²) in [7, 11) is 0. The van der Waals surface area contributed by atoms with Crippen molar-refractivity contribution in [3.8, 4) is 5.75 Å². The van der Waals surface area contributed by atoms with Crippen molar-refractivity contribution < 1.29 is 14.5 Å². The van der Waals surface area contributed by atoms with Crippen LogP contribution in [0, 0.1) is 17.0 Å². The minimum atomic E-state index is -0.773. The van der Waals surface area contributed by atoms with Crippen LogP contribution in [0.15, 0.2) is 36.4 Å². The molecule has 2 rings (SSSR count). The van der Waals surface area contributed by atoms with Gasteiger partial charge in [0.1, 0.15) is 5.75 Å². The van der Waals surface area contributed by atoms with Gasteiger partial charge < -0.3 is 4.74 Å². The molecule has 0 amide bonds. The van der Waals surface area contributed by atoms with Gasteiger partial charge in [-0.2, -0.15) is 0 Å². The van der Waals surface area contributed by atoms with Crippen molar-refractivity contribution >= 4 is 34.9 Å². The molecule has 0 saturated carbocycles. The monoisotopic (exact) mass is 325 g/mol. The van der Waals surface area contributed by atoms with Crippen molar-refractivity contribution in [2.24, 2.45) is 0 Å². The second-order valence-corrected chi connectivity index (χ2v) is 5.04. The van der Waals surface area contributed by atoms with Gasteiger partial charge >= 0.3 is 5.97 Å². The standard InChI is InChI=1S/C14H9Cl2NO4/c1-8-6-10(3-5-12(8)15)21-14(18)11-7-9(17(19)20)2-4-13(11)16/h2-7H,1H3.